The lowest BCUT2D eigenvalue weighted by Crippen LogP contribution is -2.24. The van der Waals surface area contributed by atoms with E-state index in [1.54, 1.807) is 31.2 Å². The Labute approximate surface area is 144 Å². The van der Waals surface area contributed by atoms with Crippen molar-refractivity contribution in [1.29, 1.82) is 0 Å². The Balaban J connectivity index is 1.77. The summed E-state index contributed by atoms with van der Waals surface area (Å²) in [6.45, 7) is 1.43. The van der Waals surface area contributed by atoms with Crippen LogP contribution in [0, 0.1) is 0 Å². The molecule has 0 aliphatic heterocycles. The summed E-state index contributed by atoms with van der Waals surface area (Å²) in [5.74, 6) is -0.804. The number of anilines is 1. The van der Waals surface area contributed by atoms with Crippen LogP contribution in [0.1, 0.15) is 6.92 Å². The van der Waals surface area contributed by atoms with Crippen LogP contribution in [0.4, 0.5) is 5.69 Å². The zero-order chi connectivity index (χ0) is 16.7. The van der Waals surface area contributed by atoms with Crippen molar-refractivity contribution in [2.24, 2.45) is 0 Å². The lowest BCUT2D eigenvalue weighted by Gasteiger charge is -2.11. The summed E-state index contributed by atoms with van der Waals surface area (Å²) in [4.78, 5) is 24.6. The Morgan fingerprint density at radius 2 is 1.78 bits per heavy atom. The van der Waals surface area contributed by atoms with E-state index in [1.807, 2.05) is 30.3 Å². The zero-order valence-electron chi connectivity index (χ0n) is 12.5. The van der Waals surface area contributed by atoms with Crippen molar-refractivity contribution in [3.8, 4) is 0 Å². The number of benzene rings is 2. The van der Waals surface area contributed by atoms with Crippen molar-refractivity contribution in [3.63, 3.8) is 0 Å². The van der Waals surface area contributed by atoms with Gasteiger partial charge >= 0.3 is 5.97 Å². The zero-order valence-corrected chi connectivity index (χ0v) is 14.1. The maximum absolute atomic E-state index is 11.9. The van der Waals surface area contributed by atoms with Crippen molar-refractivity contribution < 1.29 is 14.3 Å². The van der Waals surface area contributed by atoms with Gasteiger partial charge in [0.15, 0.2) is 6.61 Å². The van der Waals surface area contributed by atoms with Gasteiger partial charge in [-0.05, 0) is 43.3 Å². The van der Waals surface area contributed by atoms with E-state index in [4.69, 9.17) is 16.3 Å². The number of para-hydroxylation sites is 1. The van der Waals surface area contributed by atoms with Crippen molar-refractivity contribution in [2.45, 2.75) is 17.1 Å². The van der Waals surface area contributed by atoms with Gasteiger partial charge in [0.25, 0.3) is 5.91 Å². The summed E-state index contributed by atoms with van der Waals surface area (Å²) in [5, 5.41) is 2.88. The molecule has 2 aromatic carbocycles. The first kappa shape index (κ1) is 17.4. The van der Waals surface area contributed by atoms with Gasteiger partial charge in [-0.2, -0.15) is 0 Å². The quantitative estimate of drug-likeness (QED) is 0.632. The van der Waals surface area contributed by atoms with Crippen LogP contribution in [0.15, 0.2) is 59.5 Å². The minimum absolute atomic E-state index is 0.306. The molecule has 0 radical (unpaired) electrons. The Hall–Kier alpha value is -1.98. The van der Waals surface area contributed by atoms with Gasteiger partial charge in [-0.1, -0.05) is 29.8 Å². The Kier molecular flexibility index (Phi) is 6.50. The maximum Gasteiger partial charge on any atom is 0.319 e. The molecule has 0 spiro atoms. The van der Waals surface area contributed by atoms with Gasteiger partial charge in [0.1, 0.15) is 5.25 Å². The molecular formula is C17H16ClNO3S. The topological polar surface area (TPSA) is 55.4 Å². The number of thioether (sulfide) groups is 1. The molecule has 0 aromatic heterocycles. The van der Waals surface area contributed by atoms with Gasteiger partial charge in [0.2, 0.25) is 0 Å². The number of rotatable bonds is 6. The number of amides is 1. The molecule has 0 saturated heterocycles. The van der Waals surface area contributed by atoms with Crippen molar-refractivity contribution >= 4 is 40.9 Å². The van der Waals surface area contributed by atoms with Gasteiger partial charge < -0.3 is 10.1 Å². The van der Waals surface area contributed by atoms with Gasteiger partial charge in [-0.15, -0.1) is 11.8 Å². The lowest BCUT2D eigenvalue weighted by atomic mass is 10.3. The molecule has 1 amide bonds. The van der Waals surface area contributed by atoms with E-state index in [2.05, 4.69) is 5.32 Å². The summed E-state index contributed by atoms with van der Waals surface area (Å²) in [6, 6.07) is 16.2. The largest absolute Gasteiger partial charge is 0.455 e. The van der Waals surface area contributed by atoms with Gasteiger partial charge in [0.05, 0.1) is 0 Å². The first-order valence-corrected chi connectivity index (χ1v) is 8.24. The van der Waals surface area contributed by atoms with E-state index in [1.165, 1.54) is 11.8 Å². The molecule has 120 valence electrons. The highest BCUT2D eigenvalue weighted by Crippen LogP contribution is 2.25. The highest BCUT2D eigenvalue weighted by Gasteiger charge is 2.17. The van der Waals surface area contributed by atoms with Gasteiger partial charge in [-0.25, -0.2) is 0 Å². The normalized spacial score (nSPS) is 11.6. The van der Waals surface area contributed by atoms with E-state index in [9.17, 15) is 9.59 Å². The minimum atomic E-state index is -0.437. The number of halogens is 1. The van der Waals surface area contributed by atoms with E-state index in [0.29, 0.717) is 10.7 Å². The van der Waals surface area contributed by atoms with Crippen LogP contribution in [-0.2, 0) is 14.3 Å². The first-order valence-electron chi connectivity index (χ1n) is 6.98. The first-order chi connectivity index (χ1) is 11.0. The van der Waals surface area contributed by atoms with E-state index in [0.717, 1.165) is 4.90 Å². The van der Waals surface area contributed by atoms with Crippen molar-refractivity contribution in [3.05, 3.63) is 59.6 Å². The molecule has 0 heterocycles. The monoisotopic (exact) mass is 349 g/mol. The van der Waals surface area contributed by atoms with E-state index < -0.39 is 11.2 Å². The molecule has 23 heavy (non-hydrogen) atoms. The molecule has 0 fully saturated rings. The Morgan fingerprint density at radius 1 is 1.13 bits per heavy atom. The average molecular weight is 350 g/mol. The summed E-state index contributed by atoms with van der Waals surface area (Å²) < 4.78 is 5.04. The summed E-state index contributed by atoms with van der Waals surface area (Å²) in [7, 11) is 0. The fraction of sp³-hybridized carbons (Fsp3) is 0.176. The Morgan fingerprint density at radius 3 is 2.43 bits per heavy atom. The maximum atomic E-state index is 11.9. The number of hydrogen-bond donors (Lipinski definition) is 1. The second-order valence-corrected chi connectivity index (χ2v) is 6.59. The molecule has 0 unspecified atom stereocenters. The molecule has 6 heteroatoms. The standard InChI is InChI=1S/C17H16ClNO3S/c1-12(23-15-9-7-13(18)8-10-15)17(21)22-11-16(20)19-14-5-3-2-4-6-14/h2-10,12H,11H2,1H3,(H,19,20)/t12-/m1/s1. The second-order valence-electron chi connectivity index (χ2n) is 4.74. The molecular weight excluding hydrogens is 334 g/mol. The molecule has 1 atom stereocenters. The number of carbonyl (C=O) groups excluding carboxylic acids is 2. The van der Waals surface area contributed by atoms with E-state index in [-0.39, 0.29) is 12.5 Å². The number of esters is 1. The van der Waals surface area contributed by atoms with E-state index >= 15 is 0 Å². The third-order valence-corrected chi connectivity index (χ3v) is 4.20. The molecule has 2 rings (SSSR count). The number of carbonyl (C=O) groups is 2. The van der Waals surface area contributed by atoms with Crippen LogP contribution >= 0.6 is 23.4 Å². The third-order valence-electron chi connectivity index (χ3n) is 2.86. The van der Waals surface area contributed by atoms with Crippen LogP contribution in [0.5, 0.6) is 0 Å². The van der Waals surface area contributed by atoms with Gasteiger partial charge in [-0.3, -0.25) is 9.59 Å². The van der Waals surface area contributed by atoms with Crippen LogP contribution < -0.4 is 5.32 Å². The highest BCUT2D eigenvalue weighted by atomic mass is 35.5. The molecule has 0 aliphatic rings. The SMILES string of the molecule is C[C@@H](Sc1ccc(Cl)cc1)C(=O)OCC(=O)Nc1ccccc1. The van der Waals surface area contributed by atoms with Crippen LogP contribution in [0.25, 0.3) is 0 Å². The average Bonchev–Trinajstić information content (AvgIpc) is 2.55. The van der Waals surface area contributed by atoms with Gasteiger partial charge in [0, 0.05) is 15.6 Å². The molecule has 1 N–H and O–H groups in total. The third kappa shape index (κ3) is 5.96. The molecule has 4 nitrogen and oxygen atoms in total. The molecule has 0 saturated carbocycles. The smallest absolute Gasteiger partial charge is 0.319 e. The fourth-order valence-corrected chi connectivity index (χ4v) is 2.73. The number of ether oxygens (including phenoxy) is 1. The van der Waals surface area contributed by atoms with Crippen LogP contribution in [0.3, 0.4) is 0 Å². The second kappa shape index (κ2) is 8.60. The number of nitrogens with one attached hydrogen (secondary N) is 1. The van der Waals surface area contributed by atoms with Crippen molar-refractivity contribution in [1.82, 2.24) is 0 Å². The predicted octanol–water partition coefficient (Wildman–Crippen LogP) is 4.00. The molecule has 0 aliphatic carbocycles. The summed E-state index contributed by atoms with van der Waals surface area (Å²) in [5.41, 5.74) is 0.664. The summed E-state index contributed by atoms with van der Waals surface area (Å²) >= 11 is 7.17. The Bertz CT molecular complexity index is 661. The lowest BCUT2D eigenvalue weighted by molar-refractivity contribution is -0.146. The molecule has 0 bridgehead atoms. The van der Waals surface area contributed by atoms with Crippen LogP contribution in [0.2, 0.25) is 5.02 Å². The van der Waals surface area contributed by atoms with Crippen molar-refractivity contribution in [2.75, 3.05) is 11.9 Å². The highest BCUT2D eigenvalue weighted by molar-refractivity contribution is 8.00. The fourth-order valence-electron chi connectivity index (χ4n) is 1.74. The van der Waals surface area contributed by atoms with Crippen LogP contribution in [-0.4, -0.2) is 23.7 Å². The minimum Gasteiger partial charge on any atom is -0.455 e. The number of hydrogen-bond acceptors (Lipinski definition) is 4. The molecule has 2 aromatic rings. The summed E-state index contributed by atoms with van der Waals surface area (Å²) in [6.07, 6.45) is 0. The predicted molar refractivity (Wildman–Crippen MR) is 92.8 cm³/mol.